The van der Waals surface area contributed by atoms with Crippen LogP contribution >= 0.6 is 0 Å². The van der Waals surface area contributed by atoms with Crippen molar-refractivity contribution < 1.29 is 9.53 Å². The topological polar surface area (TPSA) is 26.3 Å². The van der Waals surface area contributed by atoms with E-state index < -0.39 is 0 Å². The molecule has 0 aromatic rings. The molecule has 0 bridgehead atoms. The highest BCUT2D eigenvalue weighted by Crippen LogP contribution is 2.41. The first-order valence-electron chi connectivity index (χ1n) is 4.78. The van der Waals surface area contributed by atoms with E-state index in [1.807, 2.05) is 0 Å². The van der Waals surface area contributed by atoms with Gasteiger partial charge in [0, 0.05) is 6.92 Å². The fraction of sp³-hybridized carbons (Fsp3) is 0.900. The van der Waals surface area contributed by atoms with Gasteiger partial charge in [-0.3, -0.25) is 4.79 Å². The Balaban J connectivity index is 2.17. The maximum atomic E-state index is 10.5. The molecule has 0 spiro atoms. The van der Waals surface area contributed by atoms with Gasteiger partial charge in [0.2, 0.25) is 0 Å². The number of ether oxygens (including phenoxy) is 1. The average Bonchev–Trinajstić information content (AvgIpc) is 2.02. The lowest BCUT2D eigenvalue weighted by atomic mass is 9.65. The first-order valence-corrected chi connectivity index (χ1v) is 4.78. The van der Waals surface area contributed by atoms with E-state index in [4.69, 9.17) is 4.74 Å². The summed E-state index contributed by atoms with van der Waals surface area (Å²) in [5.41, 5.74) is 0. The molecule has 0 aromatic carbocycles. The molecular weight excluding hydrogens is 152 g/mol. The summed E-state index contributed by atoms with van der Waals surface area (Å²) in [6.45, 7) is 6.59. The summed E-state index contributed by atoms with van der Waals surface area (Å²) in [6.07, 6.45) is 2.50. The molecule has 0 radical (unpaired) electrons. The molecule has 70 valence electrons. The standard InChI is InChI=1S/C10H18O2/c1-4-9-5-10(7(9)2)6-12-8(3)11/h7,9-10H,4-6H2,1-3H3. The van der Waals surface area contributed by atoms with Gasteiger partial charge in [-0.05, 0) is 24.2 Å². The van der Waals surface area contributed by atoms with Crippen molar-refractivity contribution in [1.29, 1.82) is 0 Å². The van der Waals surface area contributed by atoms with Crippen molar-refractivity contribution in [2.45, 2.75) is 33.6 Å². The molecule has 1 rings (SSSR count). The largest absolute Gasteiger partial charge is 0.466 e. The normalized spacial score (nSPS) is 34.1. The van der Waals surface area contributed by atoms with Crippen LogP contribution in [0.4, 0.5) is 0 Å². The second-order valence-corrected chi connectivity index (χ2v) is 3.83. The molecule has 0 N–H and O–H groups in total. The zero-order valence-electron chi connectivity index (χ0n) is 8.17. The molecule has 3 atom stereocenters. The van der Waals surface area contributed by atoms with Gasteiger partial charge >= 0.3 is 5.97 Å². The Kier molecular flexibility index (Phi) is 3.12. The first-order chi connectivity index (χ1) is 5.65. The molecule has 2 nitrogen and oxygen atoms in total. The first kappa shape index (κ1) is 9.56. The van der Waals surface area contributed by atoms with Crippen LogP contribution < -0.4 is 0 Å². The summed E-state index contributed by atoms with van der Waals surface area (Å²) >= 11 is 0. The van der Waals surface area contributed by atoms with Gasteiger partial charge in [-0.1, -0.05) is 20.3 Å². The number of esters is 1. The van der Waals surface area contributed by atoms with Crippen LogP contribution in [0.25, 0.3) is 0 Å². The predicted octanol–water partition coefficient (Wildman–Crippen LogP) is 2.23. The predicted molar refractivity (Wildman–Crippen MR) is 47.7 cm³/mol. The zero-order chi connectivity index (χ0) is 9.14. The van der Waals surface area contributed by atoms with Crippen LogP contribution in [-0.4, -0.2) is 12.6 Å². The molecule has 12 heavy (non-hydrogen) atoms. The van der Waals surface area contributed by atoms with E-state index in [1.165, 1.54) is 19.8 Å². The van der Waals surface area contributed by atoms with Crippen LogP contribution in [0, 0.1) is 17.8 Å². The van der Waals surface area contributed by atoms with Crippen molar-refractivity contribution in [1.82, 2.24) is 0 Å². The van der Waals surface area contributed by atoms with E-state index in [0.29, 0.717) is 12.5 Å². The number of hydrogen-bond acceptors (Lipinski definition) is 2. The van der Waals surface area contributed by atoms with Crippen molar-refractivity contribution in [2.24, 2.45) is 17.8 Å². The molecule has 0 heterocycles. The Labute approximate surface area is 74.3 Å². The monoisotopic (exact) mass is 170 g/mol. The van der Waals surface area contributed by atoms with Gasteiger partial charge in [-0.2, -0.15) is 0 Å². The van der Waals surface area contributed by atoms with Gasteiger partial charge in [0.05, 0.1) is 6.61 Å². The summed E-state index contributed by atoms with van der Waals surface area (Å²) in [5.74, 6) is 2.08. The molecule has 0 aliphatic heterocycles. The zero-order valence-corrected chi connectivity index (χ0v) is 8.17. The van der Waals surface area contributed by atoms with Crippen molar-refractivity contribution in [2.75, 3.05) is 6.61 Å². The average molecular weight is 170 g/mol. The lowest BCUT2D eigenvalue weighted by molar-refractivity contribution is -0.145. The van der Waals surface area contributed by atoms with Crippen LogP contribution in [0.15, 0.2) is 0 Å². The number of hydrogen-bond donors (Lipinski definition) is 0. The molecule has 0 saturated heterocycles. The molecule has 0 aromatic heterocycles. The van der Waals surface area contributed by atoms with Crippen molar-refractivity contribution >= 4 is 5.97 Å². The lowest BCUT2D eigenvalue weighted by Gasteiger charge is -2.42. The van der Waals surface area contributed by atoms with Gasteiger partial charge < -0.3 is 4.74 Å². The van der Waals surface area contributed by atoms with Gasteiger partial charge in [0.1, 0.15) is 0 Å². The molecule has 1 fully saturated rings. The van der Waals surface area contributed by atoms with Crippen molar-refractivity contribution in [3.05, 3.63) is 0 Å². The summed E-state index contributed by atoms with van der Waals surface area (Å²) in [5, 5.41) is 0. The summed E-state index contributed by atoms with van der Waals surface area (Å²) in [4.78, 5) is 10.5. The van der Waals surface area contributed by atoms with Crippen LogP contribution in [-0.2, 0) is 9.53 Å². The molecule has 1 saturated carbocycles. The fourth-order valence-corrected chi connectivity index (χ4v) is 1.99. The Morgan fingerprint density at radius 3 is 2.58 bits per heavy atom. The fourth-order valence-electron chi connectivity index (χ4n) is 1.99. The Morgan fingerprint density at radius 2 is 2.17 bits per heavy atom. The molecule has 3 unspecified atom stereocenters. The number of carbonyl (C=O) groups is 1. The van der Waals surface area contributed by atoms with E-state index in [9.17, 15) is 4.79 Å². The highest BCUT2D eigenvalue weighted by atomic mass is 16.5. The van der Waals surface area contributed by atoms with Crippen molar-refractivity contribution in [3.63, 3.8) is 0 Å². The second-order valence-electron chi connectivity index (χ2n) is 3.83. The van der Waals surface area contributed by atoms with Gasteiger partial charge in [0.25, 0.3) is 0 Å². The summed E-state index contributed by atoms with van der Waals surface area (Å²) < 4.78 is 4.97. The smallest absolute Gasteiger partial charge is 0.302 e. The molecule has 1 aliphatic rings. The van der Waals surface area contributed by atoms with Crippen LogP contribution in [0.1, 0.15) is 33.6 Å². The van der Waals surface area contributed by atoms with E-state index in [1.54, 1.807) is 0 Å². The summed E-state index contributed by atoms with van der Waals surface area (Å²) in [7, 11) is 0. The molecular formula is C10H18O2. The lowest BCUT2D eigenvalue weighted by Crippen LogP contribution is -2.37. The third-order valence-corrected chi connectivity index (χ3v) is 3.12. The van der Waals surface area contributed by atoms with E-state index in [2.05, 4.69) is 13.8 Å². The van der Waals surface area contributed by atoms with Crippen molar-refractivity contribution in [3.8, 4) is 0 Å². The Hall–Kier alpha value is -0.530. The maximum absolute atomic E-state index is 10.5. The van der Waals surface area contributed by atoms with Gasteiger partial charge in [-0.15, -0.1) is 0 Å². The van der Waals surface area contributed by atoms with Gasteiger partial charge in [-0.25, -0.2) is 0 Å². The number of carbonyl (C=O) groups excluding carboxylic acids is 1. The molecule has 1 aliphatic carbocycles. The minimum Gasteiger partial charge on any atom is -0.466 e. The minimum absolute atomic E-state index is 0.151. The Morgan fingerprint density at radius 1 is 1.50 bits per heavy atom. The second kappa shape index (κ2) is 3.92. The third-order valence-electron chi connectivity index (χ3n) is 3.12. The molecule has 2 heteroatoms. The SMILES string of the molecule is CCC1CC(COC(C)=O)C1C. The minimum atomic E-state index is -0.151. The van der Waals surface area contributed by atoms with E-state index in [-0.39, 0.29) is 5.97 Å². The quantitative estimate of drug-likeness (QED) is 0.607. The highest BCUT2D eigenvalue weighted by molar-refractivity contribution is 5.65. The van der Waals surface area contributed by atoms with Crippen LogP contribution in [0.5, 0.6) is 0 Å². The number of rotatable bonds is 3. The van der Waals surface area contributed by atoms with E-state index in [0.717, 1.165) is 11.8 Å². The Bertz CT molecular complexity index is 165. The summed E-state index contributed by atoms with van der Waals surface area (Å²) in [6, 6.07) is 0. The van der Waals surface area contributed by atoms with E-state index >= 15 is 0 Å². The highest BCUT2D eigenvalue weighted by Gasteiger charge is 2.36. The van der Waals surface area contributed by atoms with Crippen LogP contribution in [0.3, 0.4) is 0 Å². The van der Waals surface area contributed by atoms with Gasteiger partial charge in [0.15, 0.2) is 0 Å². The molecule has 0 amide bonds. The third kappa shape index (κ3) is 1.99. The maximum Gasteiger partial charge on any atom is 0.302 e. The van der Waals surface area contributed by atoms with Crippen LogP contribution in [0.2, 0.25) is 0 Å².